The van der Waals surface area contributed by atoms with Crippen molar-refractivity contribution in [2.45, 2.75) is 44.2 Å². The quantitative estimate of drug-likeness (QED) is 0.723. The average molecular weight is 416 g/mol. The number of nitrogens with zero attached hydrogens (tertiary/aromatic N) is 1. The summed E-state index contributed by atoms with van der Waals surface area (Å²) in [5.74, 6) is -0.289. The van der Waals surface area contributed by atoms with Gasteiger partial charge >= 0.3 is 0 Å². The highest BCUT2D eigenvalue weighted by atomic mass is 32.2. The van der Waals surface area contributed by atoms with Gasteiger partial charge in [-0.3, -0.25) is 9.59 Å². The van der Waals surface area contributed by atoms with E-state index in [4.69, 9.17) is 0 Å². The molecule has 0 aliphatic carbocycles. The number of carbonyl (C=O) groups is 2. The van der Waals surface area contributed by atoms with Gasteiger partial charge in [-0.1, -0.05) is 30.3 Å². The molecule has 0 fully saturated rings. The third kappa shape index (κ3) is 5.02. The van der Waals surface area contributed by atoms with Crippen LogP contribution in [0.3, 0.4) is 0 Å². The van der Waals surface area contributed by atoms with Gasteiger partial charge in [0.25, 0.3) is 0 Å². The third-order valence-corrected chi connectivity index (χ3v) is 6.35. The highest BCUT2D eigenvalue weighted by Gasteiger charge is 2.30. The molecule has 0 unspecified atom stereocenters. The van der Waals surface area contributed by atoms with Crippen LogP contribution in [0.5, 0.6) is 0 Å². The van der Waals surface area contributed by atoms with E-state index in [0.717, 1.165) is 16.8 Å². The molecule has 29 heavy (non-hydrogen) atoms. The first kappa shape index (κ1) is 21.0. The molecular weight excluding hydrogens is 390 g/mol. The number of nitrogens with one attached hydrogen (secondary N) is 2. The van der Waals surface area contributed by atoms with Gasteiger partial charge in [0.1, 0.15) is 0 Å². The minimum Gasteiger partial charge on any atom is -0.352 e. The van der Waals surface area contributed by atoms with Crippen LogP contribution in [-0.2, 0) is 32.6 Å². The number of hydrogen-bond donors (Lipinski definition) is 2. The van der Waals surface area contributed by atoms with Gasteiger partial charge in [0.05, 0.1) is 4.90 Å². The lowest BCUT2D eigenvalue weighted by atomic mass is 10.1. The van der Waals surface area contributed by atoms with E-state index in [0.29, 0.717) is 13.0 Å². The van der Waals surface area contributed by atoms with Gasteiger partial charge in [-0.15, -0.1) is 0 Å². The van der Waals surface area contributed by atoms with Crippen molar-refractivity contribution in [3.8, 4) is 0 Å². The Hall–Kier alpha value is -2.71. The summed E-state index contributed by atoms with van der Waals surface area (Å²) in [5.41, 5.74) is 2.56. The number of hydrogen-bond acceptors (Lipinski definition) is 4. The number of rotatable bonds is 7. The normalized spacial score (nSPS) is 15.8. The number of fused-ring (bicyclic) bond motifs is 1. The Morgan fingerprint density at radius 3 is 2.55 bits per heavy atom. The Kier molecular flexibility index (Phi) is 6.34. The largest absolute Gasteiger partial charge is 0.352 e. The molecule has 8 heteroatoms. The summed E-state index contributed by atoms with van der Waals surface area (Å²) >= 11 is 0. The van der Waals surface area contributed by atoms with Crippen molar-refractivity contribution in [2.24, 2.45) is 0 Å². The summed E-state index contributed by atoms with van der Waals surface area (Å²) in [6.45, 7) is 3.85. The van der Waals surface area contributed by atoms with E-state index in [9.17, 15) is 18.0 Å². The molecule has 1 atom stereocenters. The van der Waals surface area contributed by atoms with Crippen molar-refractivity contribution < 1.29 is 18.0 Å². The Bertz CT molecular complexity index is 1010. The number of carbonyl (C=O) groups excluding carboxylic acids is 2. The van der Waals surface area contributed by atoms with Crippen molar-refractivity contribution in [3.63, 3.8) is 0 Å². The summed E-state index contributed by atoms with van der Waals surface area (Å²) < 4.78 is 27.6. The van der Waals surface area contributed by atoms with Crippen LogP contribution in [0.25, 0.3) is 0 Å². The lowest BCUT2D eigenvalue weighted by Gasteiger charge is -2.20. The summed E-state index contributed by atoms with van der Waals surface area (Å²) in [5, 5.41) is 2.77. The smallest absolute Gasteiger partial charge is 0.240 e. The molecule has 1 aliphatic rings. The molecule has 2 amide bonds. The first-order chi connectivity index (χ1) is 13.8. The zero-order chi connectivity index (χ0) is 21.0. The van der Waals surface area contributed by atoms with Gasteiger partial charge < -0.3 is 10.2 Å². The zero-order valence-electron chi connectivity index (χ0n) is 16.5. The van der Waals surface area contributed by atoms with E-state index in [-0.39, 0.29) is 35.7 Å². The first-order valence-electron chi connectivity index (χ1n) is 9.51. The third-order valence-electron chi connectivity index (χ3n) is 4.89. The Labute approximate surface area is 171 Å². The molecule has 154 valence electrons. The van der Waals surface area contributed by atoms with E-state index in [1.807, 2.05) is 37.3 Å². The highest BCUT2D eigenvalue weighted by molar-refractivity contribution is 7.89. The highest BCUT2D eigenvalue weighted by Crippen LogP contribution is 2.33. The summed E-state index contributed by atoms with van der Waals surface area (Å²) in [7, 11) is -3.73. The fraction of sp³-hybridized carbons (Fsp3) is 0.333. The molecule has 3 rings (SSSR count). The molecule has 7 nitrogen and oxygen atoms in total. The van der Waals surface area contributed by atoms with Crippen LogP contribution in [0, 0.1) is 0 Å². The van der Waals surface area contributed by atoms with Crippen molar-refractivity contribution in [2.75, 3.05) is 11.4 Å². The summed E-state index contributed by atoms with van der Waals surface area (Å²) in [6, 6.07) is 14.3. The molecule has 1 aliphatic heterocycles. The van der Waals surface area contributed by atoms with E-state index in [1.54, 1.807) is 17.0 Å². The second kappa shape index (κ2) is 8.75. The van der Waals surface area contributed by atoms with E-state index in [2.05, 4.69) is 10.0 Å². The lowest BCUT2D eigenvalue weighted by molar-refractivity contribution is -0.121. The monoisotopic (exact) mass is 415 g/mol. The summed E-state index contributed by atoms with van der Waals surface area (Å²) in [6.07, 6.45) is 0.659. The van der Waals surface area contributed by atoms with Crippen LogP contribution in [0.15, 0.2) is 53.4 Å². The summed E-state index contributed by atoms with van der Waals surface area (Å²) in [4.78, 5) is 25.6. The number of anilines is 1. The van der Waals surface area contributed by atoms with Crippen LogP contribution in [0.1, 0.15) is 31.4 Å². The fourth-order valence-corrected chi connectivity index (χ4v) is 4.60. The van der Waals surface area contributed by atoms with Crippen molar-refractivity contribution in [1.82, 2.24) is 10.0 Å². The minimum absolute atomic E-state index is 0.00160. The number of amides is 2. The Morgan fingerprint density at radius 2 is 1.86 bits per heavy atom. The molecule has 0 aromatic heterocycles. The molecule has 0 saturated heterocycles. The van der Waals surface area contributed by atoms with Crippen molar-refractivity contribution in [3.05, 3.63) is 59.7 Å². The van der Waals surface area contributed by atoms with E-state index in [1.165, 1.54) is 13.0 Å². The SMILES string of the molecule is CC(=O)N1c2ccc(S(=O)(=O)NCCC(=O)NCc3ccccc3)cc2C[C@H]1C. The molecule has 0 bridgehead atoms. The molecule has 0 saturated carbocycles. The molecule has 0 radical (unpaired) electrons. The fourth-order valence-electron chi connectivity index (χ4n) is 3.52. The Balaban J connectivity index is 1.56. The molecule has 2 aromatic rings. The standard InChI is InChI=1S/C21H25N3O4S/c1-15-12-18-13-19(8-9-20(18)24(15)16(2)25)29(27,28)23-11-10-21(26)22-14-17-6-4-3-5-7-17/h3-9,13,15,23H,10-12,14H2,1-2H3,(H,22,26)/t15-/m1/s1. The Morgan fingerprint density at radius 1 is 1.14 bits per heavy atom. The van der Waals surface area contributed by atoms with Crippen LogP contribution >= 0.6 is 0 Å². The lowest BCUT2D eigenvalue weighted by Crippen LogP contribution is -2.33. The number of sulfonamides is 1. The molecule has 0 spiro atoms. The minimum atomic E-state index is -3.73. The van der Waals surface area contributed by atoms with Gasteiger partial charge in [-0.05, 0) is 42.7 Å². The van der Waals surface area contributed by atoms with Crippen LogP contribution in [0.4, 0.5) is 5.69 Å². The van der Waals surface area contributed by atoms with Crippen LogP contribution in [-0.4, -0.2) is 32.8 Å². The molecule has 2 aromatic carbocycles. The molecule has 2 N–H and O–H groups in total. The number of benzene rings is 2. The molecule has 1 heterocycles. The second-order valence-corrected chi connectivity index (χ2v) is 8.91. The van der Waals surface area contributed by atoms with Gasteiger partial charge in [0.2, 0.25) is 21.8 Å². The van der Waals surface area contributed by atoms with Gasteiger partial charge in [0, 0.05) is 38.2 Å². The van der Waals surface area contributed by atoms with E-state index < -0.39 is 10.0 Å². The van der Waals surface area contributed by atoms with Gasteiger partial charge in [-0.25, -0.2) is 13.1 Å². The maximum atomic E-state index is 12.6. The molecular formula is C21H25N3O4S. The topological polar surface area (TPSA) is 95.6 Å². The maximum Gasteiger partial charge on any atom is 0.240 e. The van der Waals surface area contributed by atoms with Crippen LogP contribution in [0.2, 0.25) is 0 Å². The second-order valence-electron chi connectivity index (χ2n) is 7.14. The van der Waals surface area contributed by atoms with Gasteiger partial charge in [0.15, 0.2) is 0 Å². The van der Waals surface area contributed by atoms with Gasteiger partial charge in [-0.2, -0.15) is 0 Å². The average Bonchev–Trinajstić information content (AvgIpc) is 3.02. The predicted molar refractivity (Wildman–Crippen MR) is 111 cm³/mol. The maximum absolute atomic E-state index is 12.6. The van der Waals surface area contributed by atoms with Crippen molar-refractivity contribution in [1.29, 1.82) is 0 Å². The van der Waals surface area contributed by atoms with Crippen molar-refractivity contribution >= 4 is 27.5 Å². The van der Waals surface area contributed by atoms with Crippen LogP contribution < -0.4 is 14.9 Å². The first-order valence-corrected chi connectivity index (χ1v) is 11.0. The zero-order valence-corrected chi connectivity index (χ0v) is 17.3. The van der Waals surface area contributed by atoms with E-state index >= 15 is 0 Å². The predicted octanol–water partition coefficient (Wildman–Crippen LogP) is 1.97.